The summed E-state index contributed by atoms with van der Waals surface area (Å²) in [7, 11) is 0. The van der Waals surface area contributed by atoms with Crippen molar-refractivity contribution in [2.45, 2.75) is 44.1 Å². The Morgan fingerprint density at radius 3 is 2.45 bits per heavy atom. The molecule has 0 bridgehead atoms. The van der Waals surface area contributed by atoms with Gasteiger partial charge in [-0.15, -0.1) is 0 Å². The number of pyridine rings is 1. The number of halogens is 6. The highest BCUT2D eigenvalue weighted by molar-refractivity contribution is 6.15. The van der Waals surface area contributed by atoms with Crippen molar-refractivity contribution in [3.8, 4) is 11.1 Å². The van der Waals surface area contributed by atoms with E-state index in [-0.39, 0.29) is 23.1 Å². The van der Waals surface area contributed by atoms with Crippen LogP contribution in [0.3, 0.4) is 0 Å². The highest BCUT2D eigenvalue weighted by Gasteiger charge is 2.59. The number of nitrogens with zero attached hydrogens (tertiary/aromatic N) is 3. The van der Waals surface area contributed by atoms with Crippen LogP contribution < -0.4 is 0 Å². The minimum atomic E-state index is -4.79. The first-order valence-electron chi connectivity index (χ1n) is 12.8. The van der Waals surface area contributed by atoms with Crippen LogP contribution in [0.4, 0.5) is 26.3 Å². The van der Waals surface area contributed by atoms with Crippen molar-refractivity contribution in [1.82, 2.24) is 14.8 Å². The smallest absolute Gasteiger partial charge is 0.332 e. The fourth-order valence-corrected chi connectivity index (χ4v) is 5.13. The van der Waals surface area contributed by atoms with Crippen LogP contribution in [0.1, 0.15) is 35.6 Å². The summed E-state index contributed by atoms with van der Waals surface area (Å²) in [5.41, 5.74) is -0.659. The monoisotopic (exact) mass is 591 g/mol. The summed E-state index contributed by atoms with van der Waals surface area (Å²) in [6, 6.07) is 8.18. The summed E-state index contributed by atoms with van der Waals surface area (Å²) < 4.78 is 86.2. The molecule has 13 heteroatoms. The van der Waals surface area contributed by atoms with Crippen molar-refractivity contribution in [2.24, 2.45) is 0 Å². The lowest BCUT2D eigenvalue weighted by atomic mass is 9.92. The van der Waals surface area contributed by atoms with Gasteiger partial charge in [0.05, 0.1) is 0 Å². The number of aromatic nitrogens is 1. The maximum atomic E-state index is 13.6. The van der Waals surface area contributed by atoms with Crippen LogP contribution in [0.5, 0.6) is 0 Å². The van der Waals surface area contributed by atoms with Crippen molar-refractivity contribution < 1.29 is 45.5 Å². The van der Waals surface area contributed by atoms with Gasteiger partial charge in [0.1, 0.15) is 25.1 Å². The van der Waals surface area contributed by atoms with E-state index in [1.165, 1.54) is 36.5 Å². The van der Waals surface area contributed by atoms with E-state index >= 15 is 0 Å². The molecular formula is C29H23F6N3O4. The fourth-order valence-electron chi connectivity index (χ4n) is 5.13. The Morgan fingerprint density at radius 1 is 1.07 bits per heavy atom. The molecule has 1 saturated heterocycles. The minimum Gasteiger partial charge on any atom is -0.332 e. The number of benzene rings is 2. The van der Waals surface area contributed by atoms with E-state index in [1.54, 1.807) is 6.07 Å². The second-order valence-electron chi connectivity index (χ2n) is 10.1. The van der Waals surface area contributed by atoms with Crippen LogP contribution in [0.2, 0.25) is 0 Å². The molecule has 2 aromatic carbocycles. The summed E-state index contributed by atoms with van der Waals surface area (Å²) in [5, 5.41) is 0. The van der Waals surface area contributed by atoms with Crippen LogP contribution in [0.25, 0.3) is 11.1 Å². The van der Waals surface area contributed by atoms with Gasteiger partial charge in [0.2, 0.25) is 11.5 Å². The second-order valence-corrected chi connectivity index (χ2v) is 10.1. The van der Waals surface area contributed by atoms with Gasteiger partial charge in [-0.1, -0.05) is 30.3 Å². The first-order valence-corrected chi connectivity index (χ1v) is 12.8. The number of amides is 2. The molecular weight excluding hydrogens is 568 g/mol. The van der Waals surface area contributed by atoms with Gasteiger partial charge in [-0.3, -0.25) is 19.4 Å². The Morgan fingerprint density at radius 2 is 1.79 bits per heavy atom. The van der Waals surface area contributed by atoms with E-state index in [0.717, 1.165) is 30.2 Å². The molecule has 42 heavy (non-hydrogen) atoms. The Labute approximate surface area is 235 Å². The third-order valence-electron chi connectivity index (χ3n) is 7.45. The topological polar surface area (TPSA) is 79.8 Å². The highest BCUT2D eigenvalue weighted by atomic mass is 19.4. The lowest BCUT2D eigenvalue weighted by molar-refractivity contribution is -0.187. The SMILES string of the molecule is CC(N(Cc1ccc(F)cc1)C(=O)CN1CO[C@]2(C(=O)Cc3cc(-c4cncc(C(F)F)c4)ccc32)C1=O)C(F)(F)F. The molecule has 3 aromatic rings. The quantitative estimate of drug-likeness (QED) is 0.287. The standard InChI is InChI=1S/C29H23F6N3O4/c1-16(29(33,34)35)38(13-17-2-5-22(30)6-3-17)25(40)14-37-15-42-28(27(37)41)23-7-4-18(8-19(23)10-24(28)39)20-9-21(26(31)32)12-36-11-20/h2-9,11-12,16,26H,10,13-15H2,1H3/t16?,28-/m1/s1. The van der Waals surface area contributed by atoms with Crippen LogP contribution >= 0.6 is 0 Å². The number of fused-ring (bicyclic) bond motifs is 2. The zero-order valence-corrected chi connectivity index (χ0v) is 22.0. The Kier molecular flexibility index (Phi) is 7.56. The van der Waals surface area contributed by atoms with Crippen LogP contribution in [-0.2, 0) is 37.7 Å². The van der Waals surface area contributed by atoms with Crippen molar-refractivity contribution in [1.29, 1.82) is 0 Å². The van der Waals surface area contributed by atoms with Gasteiger partial charge < -0.3 is 14.5 Å². The first-order chi connectivity index (χ1) is 19.8. The molecule has 0 radical (unpaired) electrons. The molecule has 7 nitrogen and oxygen atoms in total. The molecule has 1 aromatic heterocycles. The molecule has 0 N–H and O–H groups in total. The molecule has 2 amide bonds. The van der Waals surface area contributed by atoms with E-state index in [1.807, 2.05) is 0 Å². The number of carbonyl (C=O) groups is 3. The van der Waals surface area contributed by atoms with Gasteiger partial charge in [0.15, 0.2) is 5.78 Å². The van der Waals surface area contributed by atoms with Crippen molar-refractivity contribution in [2.75, 3.05) is 13.3 Å². The average Bonchev–Trinajstić information content (AvgIpc) is 3.43. The summed E-state index contributed by atoms with van der Waals surface area (Å²) in [4.78, 5) is 45.1. The van der Waals surface area contributed by atoms with Crippen LogP contribution in [0, 0.1) is 5.82 Å². The summed E-state index contributed by atoms with van der Waals surface area (Å²) in [6.45, 7) is -1.02. The minimum absolute atomic E-state index is 0.209. The van der Waals surface area contributed by atoms with E-state index in [4.69, 9.17) is 4.74 Å². The summed E-state index contributed by atoms with van der Waals surface area (Å²) in [5.74, 6) is -3.17. The molecule has 2 atom stereocenters. The molecule has 1 aliphatic heterocycles. The highest BCUT2D eigenvalue weighted by Crippen LogP contribution is 2.44. The van der Waals surface area contributed by atoms with Gasteiger partial charge in [-0.2, -0.15) is 13.2 Å². The number of carbonyl (C=O) groups excluding carboxylic acids is 3. The first kappa shape index (κ1) is 29.2. The Bertz CT molecular complexity index is 1550. The summed E-state index contributed by atoms with van der Waals surface area (Å²) in [6.07, 6.45) is -5.33. The van der Waals surface area contributed by atoms with Gasteiger partial charge in [-0.25, -0.2) is 13.2 Å². The van der Waals surface area contributed by atoms with Crippen LogP contribution in [0.15, 0.2) is 60.9 Å². The predicted octanol–water partition coefficient (Wildman–Crippen LogP) is 4.94. The molecule has 2 aliphatic rings. The normalized spacial score (nSPS) is 19.1. The molecule has 2 heterocycles. The predicted molar refractivity (Wildman–Crippen MR) is 135 cm³/mol. The number of Topliss-reactive ketones (excluding diaryl/α,β-unsaturated/α-hetero) is 1. The van der Waals surface area contributed by atoms with E-state index < -0.39 is 67.5 Å². The fraction of sp³-hybridized carbons (Fsp3) is 0.310. The lowest BCUT2D eigenvalue weighted by Gasteiger charge is -2.32. The molecule has 220 valence electrons. The third kappa shape index (κ3) is 5.24. The molecule has 0 saturated carbocycles. The second kappa shape index (κ2) is 10.9. The maximum Gasteiger partial charge on any atom is 0.408 e. The van der Waals surface area contributed by atoms with Gasteiger partial charge in [0, 0.05) is 42.0 Å². The molecule has 1 spiro atoms. The van der Waals surface area contributed by atoms with Crippen molar-refractivity contribution in [3.63, 3.8) is 0 Å². The maximum absolute atomic E-state index is 13.6. The van der Waals surface area contributed by atoms with Gasteiger partial charge in [-0.05, 0) is 41.8 Å². The third-order valence-corrected chi connectivity index (χ3v) is 7.45. The number of ketones is 1. The zero-order valence-electron chi connectivity index (χ0n) is 22.0. The molecule has 1 aliphatic carbocycles. The van der Waals surface area contributed by atoms with Crippen molar-refractivity contribution >= 4 is 17.6 Å². The number of hydrogen-bond donors (Lipinski definition) is 0. The lowest BCUT2D eigenvalue weighted by Crippen LogP contribution is -2.51. The van der Waals surface area contributed by atoms with E-state index in [2.05, 4.69) is 4.98 Å². The van der Waals surface area contributed by atoms with E-state index in [9.17, 15) is 40.7 Å². The van der Waals surface area contributed by atoms with Gasteiger partial charge in [0.25, 0.3) is 12.3 Å². The van der Waals surface area contributed by atoms with Gasteiger partial charge >= 0.3 is 6.18 Å². The Balaban J connectivity index is 1.38. The number of rotatable bonds is 7. The molecule has 1 unspecified atom stereocenters. The number of alkyl halides is 5. The number of hydrogen-bond acceptors (Lipinski definition) is 5. The van der Waals surface area contributed by atoms with Crippen LogP contribution in [-0.4, -0.2) is 57.9 Å². The largest absolute Gasteiger partial charge is 0.408 e. The van der Waals surface area contributed by atoms with E-state index in [0.29, 0.717) is 21.6 Å². The zero-order chi connectivity index (χ0) is 30.4. The molecule has 5 rings (SSSR count). The average molecular weight is 592 g/mol. The number of ether oxygens (including phenoxy) is 1. The molecule has 1 fully saturated rings. The summed E-state index contributed by atoms with van der Waals surface area (Å²) >= 11 is 0. The van der Waals surface area contributed by atoms with Crippen molar-refractivity contribution in [3.05, 3.63) is 89.0 Å². The Hall–Kier alpha value is -4.26.